The van der Waals surface area contributed by atoms with Crippen molar-refractivity contribution in [3.05, 3.63) is 35.9 Å². The van der Waals surface area contributed by atoms with Crippen molar-refractivity contribution >= 4 is 5.96 Å². The minimum Gasteiger partial charge on any atom is -0.370 e. The van der Waals surface area contributed by atoms with Crippen LogP contribution in [0.15, 0.2) is 35.3 Å². The third-order valence-electron chi connectivity index (χ3n) is 3.01. The molecule has 0 radical (unpaired) electrons. The normalized spacial score (nSPS) is 24.7. The summed E-state index contributed by atoms with van der Waals surface area (Å²) in [7, 11) is 0. The molecule has 3 nitrogen and oxygen atoms in total. The van der Waals surface area contributed by atoms with E-state index in [-0.39, 0.29) is 5.54 Å². The van der Waals surface area contributed by atoms with Gasteiger partial charge in [-0.15, -0.1) is 0 Å². The van der Waals surface area contributed by atoms with Gasteiger partial charge in [-0.3, -0.25) is 4.99 Å². The van der Waals surface area contributed by atoms with Crippen LogP contribution in [0, 0.1) is 0 Å². The Morgan fingerprint density at radius 2 is 2.13 bits per heavy atom. The van der Waals surface area contributed by atoms with Crippen LogP contribution in [0.2, 0.25) is 0 Å². The molecule has 0 fully saturated rings. The molecule has 3 N–H and O–H groups in total. The van der Waals surface area contributed by atoms with E-state index in [9.17, 15) is 0 Å². The van der Waals surface area contributed by atoms with Crippen molar-refractivity contribution in [3.63, 3.8) is 0 Å². The van der Waals surface area contributed by atoms with Crippen molar-refractivity contribution in [2.75, 3.05) is 6.54 Å². The lowest BCUT2D eigenvalue weighted by molar-refractivity contribution is 0.395. The van der Waals surface area contributed by atoms with Gasteiger partial charge in [-0.1, -0.05) is 37.3 Å². The van der Waals surface area contributed by atoms with Crippen molar-refractivity contribution in [1.29, 1.82) is 0 Å². The van der Waals surface area contributed by atoms with E-state index in [1.165, 1.54) is 5.56 Å². The zero-order chi connectivity index (χ0) is 10.7. The minimum absolute atomic E-state index is 0.0332. The highest BCUT2D eigenvalue weighted by molar-refractivity contribution is 5.80. The molecule has 1 aromatic carbocycles. The smallest absolute Gasteiger partial charge is 0.189 e. The van der Waals surface area contributed by atoms with E-state index in [0.29, 0.717) is 5.96 Å². The summed E-state index contributed by atoms with van der Waals surface area (Å²) in [6.07, 6.45) is 2.01. The molecule has 1 heterocycles. The Kier molecular flexibility index (Phi) is 2.62. The lowest BCUT2D eigenvalue weighted by atomic mass is 9.89. The molecule has 0 bridgehead atoms. The summed E-state index contributed by atoms with van der Waals surface area (Å²) >= 11 is 0. The quantitative estimate of drug-likeness (QED) is 0.778. The van der Waals surface area contributed by atoms with Gasteiger partial charge in [-0.05, 0) is 18.4 Å². The second-order valence-electron chi connectivity index (χ2n) is 4.12. The number of hydrogen-bond acceptors (Lipinski definition) is 3. The van der Waals surface area contributed by atoms with Crippen LogP contribution in [0.3, 0.4) is 0 Å². The molecule has 1 aromatic rings. The third kappa shape index (κ3) is 2.12. The van der Waals surface area contributed by atoms with Gasteiger partial charge in [-0.25, -0.2) is 0 Å². The summed E-state index contributed by atoms with van der Waals surface area (Å²) < 4.78 is 0. The molecule has 0 saturated carbocycles. The van der Waals surface area contributed by atoms with Crippen LogP contribution in [-0.2, 0) is 6.42 Å². The van der Waals surface area contributed by atoms with Crippen LogP contribution in [0.1, 0.15) is 18.9 Å². The Morgan fingerprint density at radius 1 is 1.40 bits per heavy atom. The fraction of sp³-hybridized carbons (Fsp3) is 0.417. The molecule has 0 aromatic heterocycles. The highest BCUT2D eigenvalue weighted by Crippen LogP contribution is 2.20. The molecule has 0 saturated heterocycles. The van der Waals surface area contributed by atoms with Gasteiger partial charge < -0.3 is 11.1 Å². The van der Waals surface area contributed by atoms with Crippen LogP contribution >= 0.6 is 0 Å². The van der Waals surface area contributed by atoms with E-state index >= 15 is 0 Å². The molecule has 80 valence electrons. The largest absolute Gasteiger partial charge is 0.370 e. The van der Waals surface area contributed by atoms with Crippen LogP contribution in [-0.4, -0.2) is 18.0 Å². The minimum atomic E-state index is 0.0332. The maximum absolute atomic E-state index is 5.68. The molecule has 0 spiro atoms. The third-order valence-corrected chi connectivity index (χ3v) is 3.01. The summed E-state index contributed by atoms with van der Waals surface area (Å²) in [5.41, 5.74) is 7.04. The monoisotopic (exact) mass is 203 g/mol. The van der Waals surface area contributed by atoms with E-state index in [1.807, 2.05) is 6.07 Å². The number of nitrogens with one attached hydrogen (secondary N) is 1. The van der Waals surface area contributed by atoms with Gasteiger partial charge in [0.15, 0.2) is 5.96 Å². The molecule has 15 heavy (non-hydrogen) atoms. The number of aliphatic imine (C=N–C) groups is 1. The second-order valence-corrected chi connectivity index (χ2v) is 4.12. The van der Waals surface area contributed by atoms with Gasteiger partial charge in [0, 0.05) is 0 Å². The Labute approximate surface area is 90.4 Å². The molecule has 3 heteroatoms. The molecule has 0 aliphatic carbocycles. The molecule has 1 atom stereocenters. The van der Waals surface area contributed by atoms with Gasteiger partial charge in [0.1, 0.15) is 0 Å². The predicted molar refractivity (Wildman–Crippen MR) is 62.8 cm³/mol. The highest BCUT2D eigenvalue weighted by atomic mass is 15.2. The van der Waals surface area contributed by atoms with E-state index in [2.05, 4.69) is 41.5 Å². The Balaban J connectivity index is 2.10. The lowest BCUT2D eigenvalue weighted by Crippen LogP contribution is -2.49. The maximum atomic E-state index is 5.68. The first-order valence-electron chi connectivity index (χ1n) is 5.36. The van der Waals surface area contributed by atoms with E-state index in [4.69, 9.17) is 5.73 Å². The fourth-order valence-corrected chi connectivity index (χ4v) is 2.00. The van der Waals surface area contributed by atoms with Crippen molar-refractivity contribution in [2.45, 2.75) is 25.3 Å². The summed E-state index contributed by atoms with van der Waals surface area (Å²) in [6, 6.07) is 10.5. The van der Waals surface area contributed by atoms with Crippen molar-refractivity contribution < 1.29 is 0 Å². The SMILES string of the molecule is CCC1(Cc2ccccc2)CN=C(N)N1. The van der Waals surface area contributed by atoms with E-state index in [1.54, 1.807) is 0 Å². The molecule has 1 aliphatic rings. The molecule has 0 amide bonds. The first-order valence-corrected chi connectivity index (χ1v) is 5.36. The lowest BCUT2D eigenvalue weighted by Gasteiger charge is -2.27. The first-order chi connectivity index (χ1) is 7.24. The number of hydrogen-bond donors (Lipinski definition) is 2. The number of nitrogens with two attached hydrogens (primary N) is 1. The zero-order valence-electron chi connectivity index (χ0n) is 9.03. The van der Waals surface area contributed by atoms with Crippen LogP contribution in [0.25, 0.3) is 0 Å². The molecule has 1 unspecified atom stereocenters. The summed E-state index contributed by atoms with van der Waals surface area (Å²) in [5.74, 6) is 0.577. The Bertz CT molecular complexity index is 358. The standard InChI is InChI=1S/C12H17N3/c1-2-12(9-14-11(13)15-12)8-10-6-4-3-5-7-10/h3-7H,2,8-9H2,1H3,(H3,13,14,15). The van der Waals surface area contributed by atoms with Gasteiger partial charge in [0.05, 0.1) is 12.1 Å². The molecular weight excluding hydrogens is 186 g/mol. The number of nitrogens with zero attached hydrogens (tertiary/aromatic N) is 1. The van der Waals surface area contributed by atoms with E-state index in [0.717, 1.165) is 19.4 Å². The number of guanidine groups is 1. The maximum Gasteiger partial charge on any atom is 0.189 e. The van der Waals surface area contributed by atoms with Crippen LogP contribution in [0.5, 0.6) is 0 Å². The predicted octanol–water partition coefficient (Wildman–Crippen LogP) is 1.30. The van der Waals surface area contributed by atoms with Crippen molar-refractivity contribution in [1.82, 2.24) is 5.32 Å². The van der Waals surface area contributed by atoms with Crippen LogP contribution in [0.4, 0.5) is 0 Å². The van der Waals surface area contributed by atoms with Gasteiger partial charge in [0.25, 0.3) is 0 Å². The Hall–Kier alpha value is -1.51. The number of benzene rings is 1. The van der Waals surface area contributed by atoms with Gasteiger partial charge >= 0.3 is 0 Å². The fourth-order valence-electron chi connectivity index (χ4n) is 2.00. The van der Waals surface area contributed by atoms with Crippen molar-refractivity contribution in [3.8, 4) is 0 Å². The van der Waals surface area contributed by atoms with Gasteiger partial charge in [-0.2, -0.15) is 0 Å². The topological polar surface area (TPSA) is 50.4 Å². The second kappa shape index (κ2) is 3.93. The first kappa shape index (κ1) is 10.0. The zero-order valence-corrected chi connectivity index (χ0v) is 9.03. The van der Waals surface area contributed by atoms with Gasteiger partial charge in [0.2, 0.25) is 0 Å². The number of rotatable bonds is 3. The Morgan fingerprint density at radius 3 is 2.67 bits per heavy atom. The highest BCUT2D eigenvalue weighted by Gasteiger charge is 2.32. The van der Waals surface area contributed by atoms with Crippen molar-refractivity contribution in [2.24, 2.45) is 10.7 Å². The average molecular weight is 203 g/mol. The van der Waals surface area contributed by atoms with Crippen LogP contribution < -0.4 is 11.1 Å². The molecular formula is C12H17N3. The summed E-state index contributed by atoms with van der Waals surface area (Å²) in [6.45, 7) is 2.95. The van der Waals surface area contributed by atoms with E-state index < -0.39 is 0 Å². The summed E-state index contributed by atoms with van der Waals surface area (Å²) in [4.78, 5) is 4.24. The summed E-state index contributed by atoms with van der Waals surface area (Å²) in [5, 5.41) is 3.29. The molecule has 1 aliphatic heterocycles. The average Bonchev–Trinajstić information content (AvgIpc) is 2.62. The molecule has 2 rings (SSSR count).